The van der Waals surface area contributed by atoms with Gasteiger partial charge in [-0.25, -0.2) is 13.9 Å². The summed E-state index contributed by atoms with van der Waals surface area (Å²) in [7, 11) is 1.07. The number of imidazole rings is 1. The van der Waals surface area contributed by atoms with Gasteiger partial charge in [-0.1, -0.05) is 0 Å². The molecule has 12 heteroatoms. The van der Waals surface area contributed by atoms with Crippen LogP contribution in [-0.2, 0) is 13.8 Å². The molecule has 0 aromatic carbocycles. The van der Waals surface area contributed by atoms with Gasteiger partial charge in [-0.15, -0.1) is 0 Å². The smallest absolute Gasteiger partial charge is 0.327 e. The lowest BCUT2D eigenvalue weighted by atomic mass is 10.1. The minimum Gasteiger partial charge on any atom is -0.387 e. The largest absolute Gasteiger partial charge is 0.387 e. The summed E-state index contributed by atoms with van der Waals surface area (Å²) in [5, 5.41) is 12.7. The first-order valence-corrected chi connectivity index (χ1v) is 7.40. The molecule has 3 heterocycles. The maximum atomic E-state index is 14.4. The molecular weight excluding hydrogens is 330 g/mol. The van der Waals surface area contributed by atoms with Crippen LogP contribution in [-0.4, -0.2) is 56.7 Å². The molecule has 4 atom stereocenters. The number of hydrogen-bond acceptors (Lipinski definition) is 9. The van der Waals surface area contributed by atoms with E-state index in [-0.39, 0.29) is 18.2 Å². The van der Waals surface area contributed by atoms with Gasteiger partial charge in [0, 0.05) is 7.05 Å². The number of nitrogens with two attached hydrogens (primary N) is 1. The summed E-state index contributed by atoms with van der Waals surface area (Å²) in [5.41, 5.74) is 6.30. The Morgan fingerprint density at radius 3 is 3.09 bits per heavy atom. The van der Waals surface area contributed by atoms with E-state index < -0.39 is 33.3 Å². The number of alkyl halides is 1. The molecule has 4 N–H and O–H groups in total. The number of rotatable bonds is 5. The third-order valence-corrected chi connectivity index (χ3v) is 3.79. The van der Waals surface area contributed by atoms with Crippen molar-refractivity contribution in [3.05, 3.63) is 6.33 Å². The monoisotopic (exact) mass is 344 g/mol. The van der Waals surface area contributed by atoms with Crippen molar-refractivity contribution in [2.75, 3.05) is 24.7 Å². The summed E-state index contributed by atoms with van der Waals surface area (Å²) in [6.07, 6.45) is -3.96. The second-order valence-corrected chi connectivity index (χ2v) is 5.28. The highest BCUT2D eigenvalue weighted by atomic mass is 31.1. The second-order valence-electron chi connectivity index (χ2n) is 4.87. The molecule has 0 aliphatic carbocycles. The van der Waals surface area contributed by atoms with E-state index >= 15 is 0 Å². The van der Waals surface area contributed by atoms with Crippen LogP contribution in [0.2, 0.25) is 0 Å². The first kappa shape index (κ1) is 15.9. The lowest BCUT2D eigenvalue weighted by Crippen LogP contribution is -2.30. The van der Waals surface area contributed by atoms with Gasteiger partial charge in [0.2, 0.25) is 5.95 Å². The van der Waals surface area contributed by atoms with Crippen LogP contribution >= 0.6 is 8.69 Å². The summed E-state index contributed by atoms with van der Waals surface area (Å²) < 4.78 is 36.1. The van der Waals surface area contributed by atoms with Crippen molar-refractivity contribution in [3.63, 3.8) is 0 Å². The molecule has 0 spiro atoms. The Kier molecular flexibility index (Phi) is 4.35. The van der Waals surface area contributed by atoms with Crippen LogP contribution in [0.5, 0.6) is 0 Å². The highest BCUT2D eigenvalue weighted by Gasteiger charge is 2.46. The molecule has 23 heavy (non-hydrogen) atoms. The number of aromatic nitrogens is 4. The van der Waals surface area contributed by atoms with Gasteiger partial charge < -0.3 is 20.9 Å². The van der Waals surface area contributed by atoms with Gasteiger partial charge in [0.1, 0.15) is 12.2 Å². The van der Waals surface area contributed by atoms with Crippen molar-refractivity contribution < 1.29 is 23.3 Å². The van der Waals surface area contributed by atoms with E-state index in [1.165, 1.54) is 10.9 Å². The zero-order chi connectivity index (χ0) is 16.6. The van der Waals surface area contributed by atoms with Gasteiger partial charge >= 0.3 is 8.69 Å². The summed E-state index contributed by atoms with van der Waals surface area (Å²) >= 11 is 0. The Balaban J connectivity index is 1.97. The number of nitrogens with one attached hydrogen (secondary N) is 1. The van der Waals surface area contributed by atoms with Gasteiger partial charge in [-0.2, -0.15) is 9.97 Å². The predicted octanol–water partition coefficient (Wildman–Crippen LogP) is 0.270. The molecule has 1 aliphatic rings. The molecule has 0 bridgehead atoms. The fraction of sp³-hybridized carbons (Fsp3) is 0.545. The third-order valence-electron chi connectivity index (χ3n) is 3.53. The van der Waals surface area contributed by atoms with Crippen molar-refractivity contribution >= 4 is 31.6 Å². The molecular formula is C11H14FN6O4P. The molecule has 0 amide bonds. The van der Waals surface area contributed by atoms with Crippen LogP contribution in [0.1, 0.15) is 6.23 Å². The average molecular weight is 344 g/mol. The van der Waals surface area contributed by atoms with E-state index in [4.69, 9.17) is 10.5 Å². The number of nitrogens with zero attached hydrogens (tertiary/aromatic N) is 4. The van der Waals surface area contributed by atoms with E-state index in [1.54, 1.807) is 7.05 Å². The van der Waals surface area contributed by atoms with E-state index in [2.05, 4.69) is 24.8 Å². The number of hydrogen-bond donors (Lipinski definition) is 3. The Hall–Kier alpha value is -1.94. The SMILES string of the molecule is CNc1nc(N)nc2c1ncn2[C@@H]1O[C@H](COP=O)[C@@H](O)[C@H]1F. The highest BCUT2D eigenvalue weighted by molar-refractivity contribution is 7.17. The number of anilines is 2. The van der Waals surface area contributed by atoms with E-state index in [0.717, 1.165) is 0 Å². The number of nitrogen functional groups attached to an aromatic ring is 1. The molecule has 10 nitrogen and oxygen atoms in total. The van der Waals surface area contributed by atoms with Crippen molar-refractivity contribution in [1.82, 2.24) is 19.5 Å². The molecule has 124 valence electrons. The van der Waals surface area contributed by atoms with Gasteiger partial charge in [-0.05, 0) is 0 Å². The molecule has 2 aromatic rings. The lowest BCUT2D eigenvalue weighted by molar-refractivity contribution is -0.0395. The Morgan fingerprint density at radius 2 is 2.39 bits per heavy atom. The third kappa shape index (κ3) is 2.72. The maximum absolute atomic E-state index is 14.4. The first-order valence-electron chi connectivity index (χ1n) is 6.66. The number of ether oxygens (including phenoxy) is 1. The van der Waals surface area contributed by atoms with Crippen molar-refractivity contribution in [2.24, 2.45) is 0 Å². The van der Waals surface area contributed by atoms with Crippen molar-refractivity contribution in [1.29, 1.82) is 0 Å². The summed E-state index contributed by atoms with van der Waals surface area (Å²) in [4.78, 5) is 12.2. The van der Waals surface area contributed by atoms with Gasteiger partial charge in [0.05, 0.1) is 12.9 Å². The summed E-state index contributed by atoms with van der Waals surface area (Å²) in [6, 6.07) is 0. The normalized spacial score (nSPS) is 27.8. The average Bonchev–Trinajstić information content (AvgIpc) is 3.07. The Bertz CT molecular complexity index is 730. The van der Waals surface area contributed by atoms with Crippen LogP contribution in [0.15, 0.2) is 6.33 Å². The number of fused-ring (bicyclic) bond motifs is 1. The maximum Gasteiger partial charge on any atom is 0.327 e. The molecule has 1 fully saturated rings. The van der Waals surface area contributed by atoms with Crippen LogP contribution in [0, 0.1) is 0 Å². The molecule has 3 rings (SSSR count). The molecule has 1 aliphatic heterocycles. The van der Waals surface area contributed by atoms with Gasteiger partial charge in [-0.3, -0.25) is 9.09 Å². The minimum atomic E-state index is -1.74. The number of aliphatic hydroxyl groups excluding tert-OH is 1. The molecule has 1 saturated heterocycles. The van der Waals surface area contributed by atoms with Crippen LogP contribution in [0.25, 0.3) is 11.2 Å². The Labute approximate surface area is 131 Å². The topological polar surface area (TPSA) is 137 Å². The van der Waals surface area contributed by atoms with Crippen LogP contribution < -0.4 is 11.1 Å². The zero-order valence-corrected chi connectivity index (χ0v) is 12.9. The van der Waals surface area contributed by atoms with E-state index in [1.807, 2.05) is 0 Å². The van der Waals surface area contributed by atoms with Crippen LogP contribution in [0.3, 0.4) is 0 Å². The molecule has 2 aromatic heterocycles. The fourth-order valence-corrected chi connectivity index (χ4v) is 2.67. The first-order chi connectivity index (χ1) is 11.1. The lowest BCUT2D eigenvalue weighted by Gasteiger charge is -2.15. The van der Waals surface area contributed by atoms with E-state index in [9.17, 15) is 14.1 Å². The summed E-state index contributed by atoms with van der Waals surface area (Å²) in [5.74, 6) is 0.382. The molecule has 0 radical (unpaired) electrons. The Morgan fingerprint density at radius 1 is 1.61 bits per heavy atom. The van der Waals surface area contributed by atoms with Gasteiger partial charge in [0.15, 0.2) is 29.4 Å². The quantitative estimate of drug-likeness (QED) is 0.652. The zero-order valence-electron chi connectivity index (χ0n) is 12.0. The van der Waals surface area contributed by atoms with E-state index in [0.29, 0.717) is 11.3 Å². The summed E-state index contributed by atoms with van der Waals surface area (Å²) in [6.45, 7) is -0.214. The predicted molar refractivity (Wildman–Crippen MR) is 77.7 cm³/mol. The number of halogens is 1. The molecule has 0 saturated carbocycles. The second kappa shape index (κ2) is 6.28. The standard InChI is InChI=1S/C11H14FN6O4P/c1-14-8-6-9(17-11(13)16-8)18(3-15-6)10-5(12)7(19)4(22-10)2-21-23-20/h3-5,7,10,19H,2H2,1H3,(H3,13,14,16,17)/t4-,5-,7-,10-/m1/s1. The number of aliphatic hydroxyl groups is 1. The minimum absolute atomic E-state index is 0.0115. The fourth-order valence-electron chi connectivity index (χ4n) is 2.46. The highest BCUT2D eigenvalue weighted by Crippen LogP contribution is 2.34. The molecule has 0 unspecified atom stereocenters. The van der Waals surface area contributed by atoms with Gasteiger partial charge in [0.25, 0.3) is 0 Å². The van der Waals surface area contributed by atoms with Crippen molar-refractivity contribution in [3.8, 4) is 0 Å². The van der Waals surface area contributed by atoms with Crippen molar-refractivity contribution in [2.45, 2.75) is 24.6 Å². The van der Waals surface area contributed by atoms with Crippen LogP contribution in [0.4, 0.5) is 16.2 Å².